The summed E-state index contributed by atoms with van der Waals surface area (Å²) in [6, 6.07) is 0. The maximum atomic E-state index is 2.47. The zero-order chi connectivity index (χ0) is 15.2. The van der Waals surface area contributed by atoms with Gasteiger partial charge in [0.25, 0.3) is 0 Å². The van der Waals surface area contributed by atoms with Crippen molar-refractivity contribution in [2.75, 3.05) is 26.7 Å². The highest BCUT2D eigenvalue weighted by atomic mass is 79.9. The van der Waals surface area contributed by atoms with Gasteiger partial charge in [-0.3, -0.25) is 0 Å². The summed E-state index contributed by atoms with van der Waals surface area (Å²) in [7, 11) is 2.47. The highest BCUT2D eigenvalue weighted by Crippen LogP contribution is 2.18. The number of hydrogen-bond acceptors (Lipinski definition) is 0. The van der Waals surface area contributed by atoms with Crippen LogP contribution in [0.2, 0.25) is 0 Å². The molecular formula is C20H42BrN. The normalized spacial score (nSPS) is 16.6. The van der Waals surface area contributed by atoms with Crippen LogP contribution in [0.3, 0.4) is 0 Å². The molecule has 0 atom stereocenters. The summed E-state index contributed by atoms with van der Waals surface area (Å²) in [6.07, 6.45) is 22.0. The minimum absolute atomic E-state index is 0. The number of unbranched alkanes of at least 4 members (excludes halogenated alkanes) is 12. The van der Waals surface area contributed by atoms with Crippen LogP contribution in [-0.2, 0) is 0 Å². The third-order valence-electron chi connectivity index (χ3n) is 5.45. The Hall–Kier alpha value is 0.440. The molecule has 1 rings (SSSR count). The van der Waals surface area contributed by atoms with Gasteiger partial charge >= 0.3 is 0 Å². The molecule has 0 aromatic carbocycles. The topological polar surface area (TPSA) is 0 Å². The van der Waals surface area contributed by atoms with Crippen LogP contribution >= 0.6 is 0 Å². The molecule has 1 fully saturated rings. The number of quaternary nitrogens is 1. The summed E-state index contributed by atoms with van der Waals surface area (Å²) < 4.78 is 1.37. The van der Waals surface area contributed by atoms with Gasteiger partial charge in [-0.2, -0.15) is 0 Å². The summed E-state index contributed by atoms with van der Waals surface area (Å²) in [5.41, 5.74) is 0. The molecule has 0 aliphatic carbocycles. The summed E-state index contributed by atoms with van der Waals surface area (Å²) >= 11 is 0. The molecule has 1 nitrogen and oxygen atoms in total. The SMILES string of the molecule is CCCCCCCCCCCCCCC[N+]1(C)CCCC1.[Br-]. The number of likely N-dealkylation sites (tertiary alicyclic amines) is 1. The van der Waals surface area contributed by atoms with Crippen LogP contribution in [0, 0.1) is 0 Å². The van der Waals surface area contributed by atoms with Crippen molar-refractivity contribution in [3.05, 3.63) is 0 Å². The van der Waals surface area contributed by atoms with Crippen LogP contribution < -0.4 is 17.0 Å². The zero-order valence-corrected chi connectivity index (χ0v) is 17.1. The number of halogens is 1. The molecule has 1 saturated heterocycles. The Morgan fingerprint density at radius 1 is 0.591 bits per heavy atom. The van der Waals surface area contributed by atoms with E-state index in [0.29, 0.717) is 0 Å². The molecule has 0 amide bonds. The lowest BCUT2D eigenvalue weighted by molar-refractivity contribution is -0.897. The first kappa shape index (κ1) is 22.4. The van der Waals surface area contributed by atoms with Gasteiger partial charge in [0.1, 0.15) is 0 Å². The monoisotopic (exact) mass is 375 g/mol. The van der Waals surface area contributed by atoms with E-state index in [1.54, 1.807) is 0 Å². The van der Waals surface area contributed by atoms with Crippen molar-refractivity contribution in [3.8, 4) is 0 Å². The first-order valence-corrected chi connectivity index (χ1v) is 10.1. The van der Waals surface area contributed by atoms with Crippen molar-refractivity contribution in [1.29, 1.82) is 0 Å². The van der Waals surface area contributed by atoms with Gasteiger partial charge < -0.3 is 21.5 Å². The molecule has 2 heteroatoms. The van der Waals surface area contributed by atoms with E-state index in [1.807, 2.05) is 0 Å². The molecule has 1 aliphatic heterocycles. The van der Waals surface area contributed by atoms with Crippen molar-refractivity contribution in [1.82, 2.24) is 0 Å². The second kappa shape index (κ2) is 15.0. The lowest BCUT2D eigenvalue weighted by atomic mass is 10.0. The number of nitrogens with zero attached hydrogens (tertiary/aromatic N) is 1. The fourth-order valence-corrected chi connectivity index (χ4v) is 3.83. The van der Waals surface area contributed by atoms with Gasteiger partial charge in [0.15, 0.2) is 0 Å². The first-order chi connectivity index (χ1) is 10.3. The van der Waals surface area contributed by atoms with Gasteiger partial charge in [0.05, 0.1) is 26.7 Å². The molecule has 1 aliphatic rings. The fraction of sp³-hybridized carbons (Fsp3) is 1.00. The average Bonchev–Trinajstić information content (AvgIpc) is 2.91. The first-order valence-electron chi connectivity index (χ1n) is 10.1. The summed E-state index contributed by atoms with van der Waals surface area (Å²) in [5.74, 6) is 0. The fourth-order valence-electron chi connectivity index (χ4n) is 3.83. The lowest BCUT2D eigenvalue weighted by Gasteiger charge is -2.29. The van der Waals surface area contributed by atoms with Crippen molar-refractivity contribution < 1.29 is 21.5 Å². The van der Waals surface area contributed by atoms with Crippen molar-refractivity contribution in [2.45, 2.75) is 103 Å². The molecule has 22 heavy (non-hydrogen) atoms. The van der Waals surface area contributed by atoms with Crippen LogP contribution in [0.5, 0.6) is 0 Å². The third kappa shape index (κ3) is 11.9. The Bertz CT molecular complexity index is 224. The molecule has 1 heterocycles. The van der Waals surface area contributed by atoms with Gasteiger partial charge in [-0.1, -0.05) is 77.6 Å². The number of rotatable bonds is 14. The molecule has 0 N–H and O–H groups in total. The quantitative estimate of drug-likeness (QED) is 0.322. The van der Waals surface area contributed by atoms with Gasteiger partial charge in [-0.15, -0.1) is 0 Å². The molecule has 0 spiro atoms. The van der Waals surface area contributed by atoms with E-state index in [1.165, 1.54) is 120 Å². The predicted molar refractivity (Wildman–Crippen MR) is 95.7 cm³/mol. The summed E-state index contributed by atoms with van der Waals surface area (Å²) in [5, 5.41) is 0. The van der Waals surface area contributed by atoms with Crippen LogP contribution in [-0.4, -0.2) is 31.2 Å². The maximum absolute atomic E-state index is 2.47. The summed E-state index contributed by atoms with van der Waals surface area (Å²) in [6.45, 7) is 6.63. The average molecular weight is 376 g/mol. The molecule has 0 aromatic rings. The van der Waals surface area contributed by atoms with Crippen LogP contribution in [0.25, 0.3) is 0 Å². The Kier molecular flexibility index (Phi) is 15.3. The van der Waals surface area contributed by atoms with Crippen LogP contribution in [0.4, 0.5) is 0 Å². The summed E-state index contributed by atoms with van der Waals surface area (Å²) in [4.78, 5) is 0. The largest absolute Gasteiger partial charge is 1.00 e. The third-order valence-corrected chi connectivity index (χ3v) is 5.45. The second-order valence-corrected chi connectivity index (χ2v) is 7.74. The molecule has 134 valence electrons. The molecule has 0 radical (unpaired) electrons. The van der Waals surface area contributed by atoms with Crippen molar-refractivity contribution >= 4 is 0 Å². The highest BCUT2D eigenvalue weighted by molar-refractivity contribution is 4.53. The molecule has 0 saturated carbocycles. The van der Waals surface area contributed by atoms with Gasteiger partial charge in [-0.25, -0.2) is 0 Å². The Morgan fingerprint density at radius 2 is 0.955 bits per heavy atom. The Morgan fingerprint density at radius 3 is 1.36 bits per heavy atom. The minimum atomic E-state index is 0. The zero-order valence-electron chi connectivity index (χ0n) is 15.6. The molecule has 0 bridgehead atoms. The van der Waals surface area contributed by atoms with Crippen molar-refractivity contribution in [3.63, 3.8) is 0 Å². The molecule has 0 unspecified atom stereocenters. The van der Waals surface area contributed by atoms with E-state index in [4.69, 9.17) is 0 Å². The van der Waals surface area contributed by atoms with Crippen LogP contribution in [0.15, 0.2) is 0 Å². The minimum Gasteiger partial charge on any atom is -1.00 e. The van der Waals surface area contributed by atoms with Crippen LogP contribution in [0.1, 0.15) is 103 Å². The smallest absolute Gasteiger partial charge is 0.0786 e. The Balaban J connectivity index is 0.00000441. The molecule has 0 aromatic heterocycles. The van der Waals surface area contributed by atoms with E-state index in [-0.39, 0.29) is 17.0 Å². The van der Waals surface area contributed by atoms with Gasteiger partial charge in [0.2, 0.25) is 0 Å². The maximum Gasteiger partial charge on any atom is 0.0786 e. The van der Waals surface area contributed by atoms with E-state index >= 15 is 0 Å². The van der Waals surface area contributed by atoms with E-state index < -0.39 is 0 Å². The lowest BCUT2D eigenvalue weighted by Crippen LogP contribution is -3.00. The van der Waals surface area contributed by atoms with Crippen molar-refractivity contribution in [2.24, 2.45) is 0 Å². The number of hydrogen-bond donors (Lipinski definition) is 0. The second-order valence-electron chi connectivity index (χ2n) is 7.74. The Labute approximate surface area is 151 Å². The molecular weight excluding hydrogens is 334 g/mol. The predicted octanol–water partition coefficient (Wildman–Crippen LogP) is 3.32. The van der Waals surface area contributed by atoms with E-state index in [9.17, 15) is 0 Å². The van der Waals surface area contributed by atoms with Gasteiger partial charge in [-0.05, 0) is 12.8 Å². The van der Waals surface area contributed by atoms with E-state index in [2.05, 4.69) is 14.0 Å². The van der Waals surface area contributed by atoms with E-state index in [0.717, 1.165) is 0 Å². The standard InChI is InChI=1S/C20H42N.BrH/c1-3-4-5-6-7-8-9-10-11-12-13-14-15-18-21(2)19-16-17-20-21;/h3-20H2,1-2H3;1H/q+1;/p-1. The van der Waals surface area contributed by atoms with Gasteiger partial charge in [0, 0.05) is 12.8 Å². The highest BCUT2D eigenvalue weighted by Gasteiger charge is 2.25.